The number of amides is 2. The second-order valence-corrected chi connectivity index (χ2v) is 8.54. The molecule has 2 aromatic carbocycles. The number of hydrogen-bond acceptors (Lipinski definition) is 4. The van der Waals surface area contributed by atoms with Gasteiger partial charge >= 0.3 is 6.18 Å². The Morgan fingerprint density at radius 2 is 1.73 bits per heavy atom. The van der Waals surface area contributed by atoms with E-state index in [0.29, 0.717) is 21.8 Å². The molecule has 0 spiro atoms. The van der Waals surface area contributed by atoms with Crippen LogP contribution in [0.2, 0.25) is 0 Å². The van der Waals surface area contributed by atoms with Crippen molar-refractivity contribution in [2.24, 2.45) is 0 Å². The van der Waals surface area contributed by atoms with E-state index < -0.39 is 24.5 Å². The molecule has 0 radical (unpaired) electrons. The first-order valence-corrected chi connectivity index (χ1v) is 10.8. The molecule has 0 unspecified atom stereocenters. The second kappa shape index (κ2) is 10.1. The average molecular weight is 474 g/mol. The molecule has 0 bridgehead atoms. The SMILES string of the molecule is Cc1ccc(Sc2ncccc2C(=O)Nc2cc(C(=O)NCC(F)(F)F)ccc2C)c(C)c1. The molecule has 0 saturated carbocycles. The number of benzene rings is 2. The summed E-state index contributed by atoms with van der Waals surface area (Å²) in [6.45, 7) is 4.27. The highest BCUT2D eigenvalue weighted by Gasteiger charge is 2.28. The van der Waals surface area contributed by atoms with Crippen LogP contribution in [0, 0.1) is 20.8 Å². The molecule has 0 aliphatic carbocycles. The molecule has 3 aromatic rings. The summed E-state index contributed by atoms with van der Waals surface area (Å²) >= 11 is 1.37. The quantitative estimate of drug-likeness (QED) is 0.482. The van der Waals surface area contributed by atoms with Crippen molar-refractivity contribution in [3.8, 4) is 0 Å². The van der Waals surface area contributed by atoms with E-state index in [1.165, 1.54) is 23.9 Å². The minimum absolute atomic E-state index is 0.0104. The number of aryl methyl sites for hydroxylation is 3. The first-order chi connectivity index (χ1) is 15.5. The van der Waals surface area contributed by atoms with Crippen LogP contribution in [0.25, 0.3) is 0 Å². The standard InChI is InChI=1S/C24H22F3N3O2S/c1-14-6-9-20(16(3)11-14)33-23-18(5-4-10-28-23)22(32)30-19-12-17(8-7-15(19)2)21(31)29-13-24(25,26)27/h4-12H,13H2,1-3H3,(H,29,31)(H,30,32). The van der Waals surface area contributed by atoms with Crippen LogP contribution in [0.1, 0.15) is 37.4 Å². The minimum Gasteiger partial charge on any atom is -0.343 e. The maximum atomic E-state index is 13.0. The molecule has 1 heterocycles. The largest absolute Gasteiger partial charge is 0.405 e. The Bertz CT molecular complexity index is 1200. The van der Waals surface area contributed by atoms with Gasteiger partial charge in [0, 0.05) is 22.3 Å². The van der Waals surface area contributed by atoms with Crippen molar-refractivity contribution < 1.29 is 22.8 Å². The van der Waals surface area contributed by atoms with Crippen molar-refractivity contribution in [1.29, 1.82) is 0 Å². The lowest BCUT2D eigenvalue weighted by Gasteiger charge is -2.13. The van der Waals surface area contributed by atoms with Crippen LogP contribution in [0.4, 0.5) is 18.9 Å². The number of nitrogens with zero attached hydrogens (tertiary/aromatic N) is 1. The summed E-state index contributed by atoms with van der Waals surface area (Å²) in [5.41, 5.74) is 3.52. The van der Waals surface area contributed by atoms with Crippen molar-refractivity contribution in [2.45, 2.75) is 36.9 Å². The number of carbonyl (C=O) groups excluding carboxylic acids is 2. The molecule has 33 heavy (non-hydrogen) atoms. The maximum absolute atomic E-state index is 13.0. The first-order valence-electron chi connectivity index (χ1n) is 10.0. The van der Waals surface area contributed by atoms with E-state index in [-0.39, 0.29) is 5.56 Å². The third-order valence-electron chi connectivity index (χ3n) is 4.75. The Morgan fingerprint density at radius 3 is 2.42 bits per heavy atom. The number of nitrogens with one attached hydrogen (secondary N) is 2. The highest BCUT2D eigenvalue weighted by molar-refractivity contribution is 7.99. The fourth-order valence-corrected chi connectivity index (χ4v) is 3.98. The molecule has 2 N–H and O–H groups in total. The zero-order valence-corrected chi connectivity index (χ0v) is 19.0. The zero-order chi connectivity index (χ0) is 24.2. The van der Waals surface area contributed by atoms with E-state index in [2.05, 4.69) is 10.3 Å². The lowest BCUT2D eigenvalue weighted by molar-refractivity contribution is -0.123. The Morgan fingerprint density at radius 1 is 0.970 bits per heavy atom. The summed E-state index contributed by atoms with van der Waals surface area (Å²) in [7, 11) is 0. The monoisotopic (exact) mass is 473 g/mol. The normalized spacial score (nSPS) is 11.2. The number of carbonyl (C=O) groups is 2. The van der Waals surface area contributed by atoms with Gasteiger partial charge in [0.25, 0.3) is 11.8 Å². The van der Waals surface area contributed by atoms with Crippen LogP contribution in [-0.2, 0) is 0 Å². The molecule has 9 heteroatoms. The minimum atomic E-state index is -4.51. The Hall–Kier alpha value is -3.33. The summed E-state index contributed by atoms with van der Waals surface area (Å²) in [5, 5.41) is 5.09. The zero-order valence-electron chi connectivity index (χ0n) is 18.2. The van der Waals surface area contributed by atoms with Crippen molar-refractivity contribution in [2.75, 3.05) is 11.9 Å². The smallest absolute Gasteiger partial charge is 0.343 e. The van der Waals surface area contributed by atoms with E-state index in [1.807, 2.05) is 37.4 Å². The molecule has 3 rings (SSSR count). The Labute approximate surface area is 193 Å². The first kappa shape index (κ1) is 24.3. The van der Waals surface area contributed by atoms with Gasteiger partial charge < -0.3 is 10.6 Å². The van der Waals surface area contributed by atoms with Gasteiger partial charge in [-0.05, 0) is 62.2 Å². The fraction of sp³-hybridized carbons (Fsp3) is 0.208. The van der Waals surface area contributed by atoms with Gasteiger partial charge in [-0.15, -0.1) is 0 Å². The van der Waals surface area contributed by atoms with Gasteiger partial charge in [0.15, 0.2) is 0 Å². The van der Waals surface area contributed by atoms with Crippen LogP contribution in [0.5, 0.6) is 0 Å². The fourth-order valence-electron chi connectivity index (χ4n) is 3.03. The predicted molar refractivity (Wildman–Crippen MR) is 122 cm³/mol. The predicted octanol–water partition coefficient (Wildman–Crippen LogP) is 5.70. The molecule has 2 amide bonds. The summed E-state index contributed by atoms with van der Waals surface area (Å²) in [6, 6.07) is 13.6. The molecule has 0 atom stereocenters. The van der Waals surface area contributed by atoms with Gasteiger partial charge in [-0.25, -0.2) is 4.98 Å². The van der Waals surface area contributed by atoms with Crippen LogP contribution in [0.3, 0.4) is 0 Å². The maximum Gasteiger partial charge on any atom is 0.405 e. The molecular weight excluding hydrogens is 451 g/mol. The van der Waals surface area contributed by atoms with Crippen LogP contribution in [-0.4, -0.2) is 29.5 Å². The average Bonchev–Trinajstić information content (AvgIpc) is 2.75. The lowest BCUT2D eigenvalue weighted by atomic mass is 10.1. The number of pyridine rings is 1. The van der Waals surface area contributed by atoms with E-state index >= 15 is 0 Å². The molecule has 5 nitrogen and oxygen atoms in total. The lowest BCUT2D eigenvalue weighted by Crippen LogP contribution is -2.33. The number of alkyl halides is 3. The van der Waals surface area contributed by atoms with Crippen molar-refractivity contribution in [1.82, 2.24) is 10.3 Å². The second-order valence-electron chi connectivity index (χ2n) is 7.51. The van der Waals surface area contributed by atoms with Gasteiger partial charge in [0.2, 0.25) is 0 Å². The van der Waals surface area contributed by atoms with E-state index in [0.717, 1.165) is 16.0 Å². The number of aromatic nitrogens is 1. The van der Waals surface area contributed by atoms with Crippen molar-refractivity contribution in [3.63, 3.8) is 0 Å². The third kappa shape index (κ3) is 6.58. The van der Waals surface area contributed by atoms with Gasteiger partial charge in [-0.2, -0.15) is 13.2 Å². The third-order valence-corrected chi connectivity index (χ3v) is 5.95. The van der Waals surface area contributed by atoms with E-state index in [1.54, 1.807) is 31.3 Å². The molecule has 172 valence electrons. The number of anilines is 1. The highest BCUT2D eigenvalue weighted by atomic mass is 32.2. The number of hydrogen-bond donors (Lipinski definition) is 2. The summed E-state index contributed by atoms with van der Waals surface area (Å²) in [4.78, 5) is 30.4. The molecule has 0 aliphatic rings. The number of halogens is 3. The van der Waals surface area contributed by atoms with Crippen LogP contribution >= 0.6 is 11.8 Å². The molecule has 0 saturated heterocycles. The summed E-state index contributed by atoms with van der Waals surface area (Å²) < 4.78 is 37.2. The van der Waals surface area contributed by atoms with Crippen LogP contribution in [0.15, 0.2) is 64.6 Å². The summed E-state index contributed by atoms with van der Waals surface area (Å²) in [6.07, 6.45) is -2.92. The Kier molecular flexibility index (Phi) is 7.43. The van der Waals surface area contributed by atoms with E-state index in [9.17, 15) is 22.8 Å². The molecule has 1 aromatic heterocycles. The van der Waals surface area contributed by atoms with Gasteiger partial charge in [0.1, 0.15) is 11.6 Å². The van der Waals surface area contributed by atoms with Gasteiger partial charge in [-0.1, -0.05) is 35.5 Å². The van der Waals surface area contributed by atoms with Crippen molar-refractivity contribution >= 4 is 29.3 Å². The van der Waals surface area contributed by atoms with Gasteiger partial charge in [0.05, 0.1) is 5.56 Å². The van der Waals surface area contributed by atoms with Crippen molar-refractivity contribution in [3.05, 3.63) is 82.5 Å². The molecule has 0 aliphatic heterocycles. The van der Waals surface area contributed by atoms with E-state index in [4.69, 9.17) is 0 Å². The molecule has 0 fully saturated rings. The summed E-state index contributed by atoms with van der Waals surface area (Å²) in [5.74, 6) is -1.32. The highest BCUT2D eigenvalue weighted by Crippen LogP contribution is 2.32. The number of rotatable bonds is 6. The van der Waals surface area contributed by atoms with Gasteiger partial charge in [-0.3, -0.25) is 9.59 Å². The Balaban J connectivity index is 1.81. The van der Waals surface area contributed by atoms with Crippen LogP contribution < -0.4 is 10.6 Å². The molecular formula is C24H22F3N3O2S. The topological polar surface area (TPSA) is 71.1 Å².